The van der Waals surface area contributed by atoms with Gasteiger partial charge in [-0.3, -0.25) is 14.6 Å². The van der Waals surface area contributed by atoms with Gasteiger partial charge in [0, 0.05) is 64.5 Å². The maximum atomic E-state index is 11.4. The Hall–Kier alpha value is -2.61. The maximum absolute atomic E-state index is 11.4. The van der Waals surface area contributed by atoms with E-state index in [1.807, 2.05) is 30.0 Å². The van der Waals surface area contributed by atoms with Crippen molar-refractivity contribution in [2.45, 2.75) is 19.5 Å². The molecule has 0 aromatic carbocycles. The molecular weight excluding hydrogens is 619 g/mol. The van der Waals surface area contributed by atoms with Crippen LogP contribution in [0.15, 0.2) is 36.4 Å². The minimum Gasteiger partial charge on any atom is -0.477 e. The number of thioether (sulfide) groups is 2. The van der Waals surface area contributed by atoms with Gasteiger partial charge in [0.1, 0.15) is 16.8 Å². The molecule has 0 aliphatic rings. The number of carbonyl (C=O) groups is 2. The summed E-state index contributed by atoms with van der Waals surface area (Å²) in [5.41, 5.74) is 1.93. The van der Waals surface area contributed by atoms with E-state index in [4.69, 9.17) is 24.2 Å². The number of methoxy groups -OCH3 is 1. The number of rotatable bonds is 28. The third kappa shape index (κ3) is 18.8. The van der Waals surface area contributed by atoms with Crippen molar-refractivity contribution in [1.82, 2.24) is 19.8 Å². The Morgan fingerprint density at radius 3 is 2.04 bits per heavy atom. The largest absolute Gasteiger partial charge is 0.477 e. The lowest BCUT2D eigenvalue weighted by Crippen LogP contribution is -2.32. The van der Waals surface area contributed by atoms with Gasteiger partial charge in [0.15, 0.2) is 6.29 Å². The van der Waals surface area contributed by atoms with E-state index < -0.39 is 5.97 Å². The fourth-order valence-electron chi connectivity index (χ4n) is 4.07. The molecule has 0 saturated heterocycles. The summed E-state index contributed by atoms with van der Waals surface area (Å²) in [4.78, 5) is 35.3. The Bertz CT molecular complexity index is 1140. The molecule has 0 fully saturated rings. The molecule has 0 bridgehead atoms. The number of nitriles is 1. The van der Waals surface area contributed by atoms with Crippen LogP contribution in [0.3, 0.4) is 0 Å². The van der Waals surface area contributed by atoms with Crippen molar-refractivity contribution in [3.05, 3.63) is 59.2 Å². The standard InChI is InChI=1S/C31H45N5O7S2/c1-40-14-9-35(23-27-5-2-7-29(25-37)33-27)11-16-42-18-19-43-17-12-36(24-28-6-3-8-30(34-28)31(38)39)10-15-41-13-4-20-44-21-22-45-26-32/h2-3,5-8,25H,4,9-24H2,1H3,(H,38,39). The summed E-state index contributed by atoms with van der Waals surface area (Å²) in [7, 11) is 1.66. The summed E-state index contributed by atoms with van der Waals surface area (Å²) < 4.78 is 22.7. The highest BCUT2D eigenvalue weighted by Gasteiger charge is 2.11. The maximum Gasteiger partial charge on any atom is 0.354 e. The Morgan fingerprint density at radius 1 is 0.844 bits per heavy atom. The van der Waals surface area contributed by atoms with Gasteiger partial charge in [0.2, 0.25) is 0 Å². The SMILES string of the molecule is COCCN(CCOCCOCCN(CCOCCCSCCSC#N)Cc1cccc(C(=O)O)n1)Cc1cccc(C=O)n1. The first-order valence-electron chi connectivity index (χ1n) is 14.9. The first-order valence-corrected chi connectivity index (χ1v) is 17.1. The zero-order valence-corrected chi connectivity index (χ0v) is 27.6. The smallest absolute Gasteiger partial charge is 0.354 e. The van der Waals surface area contributed by atoms with Gasteiger partial charge in [-0.25, -0.2) is 14.8 Å². The molecule has 248 valence electrons. The summed E-state index contributed by atoms with van der Waals surface area (Å²) in [6, 6.07) is 10.4. The Kier molecular flexibility index (Phi) is 21.9. The second kappa shape index (κ2) is 25.6. The minimum absolute atomic E-state index is 0.0225. The number of hydrogen-bond acceptors (Lipinski definition) is 13. The lowest BCUT2D eigenvalue weighted by atomic mass is 10.3. The molecule has 0 saturated carbocycles. The monoisotopic (exact) mass is 663 g/mol. The van der Waals surface area contributed by atoms with Crippen LogP contribution in [0.2, 0.25) is 0 Å². The van der Waals surface area contributed by atoms with Crippen LogP contribution in [-0.4, -0.2) is 134 Å². The predicted octanol–water partition coefficient (Wildman–Crippen LogP) is 3.33. The normalized spacial score (nSPS) is 11.2. The van der Waals surface area contributed by atoms with Crippen molar-refractivity contribution >= 4 is 35.8 Å². The molecule has 2 rings (SSSR count). The lowest BCUT2D eigenvalue weighted by Gasteiger charge is -2.22. The van der Waals surface area contributed by atoms with Gasteiger partial charge in [-0.2, -0.15) is 17.0 Å². The molecule has 45 heavy (non-hydrogen) atoms. The number of hydrogen-bond donors (Lipinski definition) is 1. The number of carboxylic acids is 1. The van der Waals surface area contributed by atoms with Crippen molar-refractivity contribution in [2.24, 2.45) is 0 Å². The second-order valence-corrected chi connectivity index (χ2v) is 11.9. The van der Waals surface area contributed by atoms with E-state index in [1.54, 1.807) is 19.2 Å². The first-order chi connectivity index (χ1) is 22.0. The predicted molar refractivity (Wildman–Crippen MR) is 176 cm³/mol. The van der Waals surface area contributed by atoms with Crippen molar-refractivity contribution in [3.63, 3.8) is 0 Å². The Labute approximate surface area is 274 Å². The number of aromatic carboxylic acids is 1. The van der Waals surface area contributed by atoms with Crippen molar-refractivity contribution in [3.8, 4) is 5.40 Å². The van der Waals surface area contributed by atoms with Crippen LogP contribution in [0.5, 0.6) is 0 Å². The zero-order valence-electron chi connectivity index (χ0n) is 26.0. The van der Waals surface area contributed by atoms with Crippen LogP contribution in [0, 0.1) is 10.7 Å². The second-order valence-electron chi connectivity index (χ2n) is 9.78. The van der Waals surface area contributed by atoms with Gasteiger partial charge in [0.25, 0.3) is 0 Å². The molecule has 2 aromatic rings. The van der Waals surface area contributed by atoms with Crippen molar-refractivity contribution < 1.29 is 33.6 Å². The van der Waals surface area contributed by atoms with E-state index in [0.29, 0.717) is 96.9 Å². The third-order valence-electron chi connectivity index (χ3n) is 6.36. The Balaban J connectivity index is 1.70. The summed E-state index contributed by atoms with van der Waals surface area (Å²) >= 11 is 3.10. The highest BCUT2D eigenvalue weighted by Crippen LogP contribution is 2.08. The summed E-state index contributed by atoms with van der Waals surface area (Å²) in [6.45, 7) is 7.47. The van der Waals surface area contributed by atoms with Crippen LogP contribution in [0.4, 0.5) is 0 Å². The molecule has 1 N–H and O–H groups in total. The Morgan fingerprint density at radius 2 is 1.44 bits per heavy atom. The molecule has 0 spiro atoms. The number of pyridine rings is 2. The fraction of sp³-hybridized carbons (Fsp3) is 0.581. The van der Waals surface area contributed by atoms with Gasteiger partial charge < -0.3 is 24.1 Å². The molecule has 0 aliphatic carbocycles. The van der Waals surface area contributed by atoms with Gasteiger partial charge in [0.05, 0.1) is 51.0 Å². The van der Waals surface area contributed by atoms with Crippen LogP contribution in [-0.2, 0) is 32.0 Å². The molecule has 14 heteroatoms. The molecule has 0 unspecified atom stereocenters. The van der Waals surface area contributed by atoms with E-state index in [-0.39, 0.29) is 5.69 Å². The van der Waals surface area contributed by atoms with E-state index in [1.165, 1.54) is 17.8 Å². The minimum atomic E-state index is -1.05. The number of aldehydes is 1. The van der Waals surface area contributed by atoms with Crippen LogP contribution in [0.25, 0.3) is 0 Å². The number of nitrogens with zero attached hydrogens (tertiary/aromatic N) is 5. The van der Waals surface area contributed by atoms with Crippen LogP contribution < -0.4 is 0 Å². The molecule has 0 atom stereocenters. The number of thiocyanates is 1. The topological polar surface area (TPSA) is 147 Å². The van der Waals surface area contributed by atoms with Crippen molar-refractivity contribution in [2.75, 3.05) is 96.8 Å². The average molecular weight is 664 g/mol. The summed E-state index contributed by atoms with van der Waals surface area (Å²) in [6.07, 6.45) is 1.69. The molecular formula is C31H45N5O7S2. The molecule has 0 amide bonds. The number of carbonyl (C=O) groups excluding carboxylic acids is 1. The van der Waals surface area contributed by atoms with Gasteiger partial charge in [-0.1, -0.05) is 12.1 Å². The third-order valence-corrected chi connectivity index (χ3v) is 8.22. The quantitative estimate of drug-likeness (QED) is 0.0806. The van der Waals surface area contributed by atoms with Gasteiger partial charge >= 0.3 is 5.97 Å². The molecule has 0 aliphatic heterocycles. The molecule has 12 nitrogen and oxygen atoms in total. The highest BCUT2D eigenvalue weighted by atomic mass is 32.2. The summed E-state index contributed by atoms with van der Waals surface area (Å²) in [5.74, 6) is 1.75. The molecule has 2 heterocycles. The molecule has 2 aromatic heterocycles. The van der Waals surface area contributed by atoms with E-state index in [0.717, 1.165) is 35.7 Å². The van der Waals surface area contributed by atoms with Crippen molar-refractivity contribution in [1.29, 1.82) is 5.26 Å². The van der Waals surface area contributed by atoms with E-state index in [2.05, 4.69) is 25.2 Å². The van der Waals surface area contributed by atoms with Crippen LogP contribution in [0.1, 0.15) is 38.8 Å². The highest BCUT2D eigenvalue weighted by molar-refractivity contribution is 8.05. The zero-order chi connectivity index (χ0) is 32.4. The fourth-order valence-corrected chi connectivity index (χ4v) is 5.50. The van der Waals surface area contributed by atoms with Gasteiger partial charge in [-0.05, 0) is 48.2 Å². The van der Waals surface area contributed by atoms with E-state index >= 15 is 0 Å². The van der Waals surface area contributed by atoms with E-state index in [9.17, 15) is 14.7 Å². The average Bonchev–Trinajstić information content (AvgIpc) is 3.05. The number of ether oxygens (including phenoxy) is 4. The number of carboxylic acid groups (broad SMARTS) is 1. The molecule has 0 radical (unpaired) electrons. The lowest BCUT2D eigenvalue weighted by molar-refractivity contribution is 0.0236. The van der Waals surface area contributed by atoms with Gasteiger partial charge in [-0.15, -0.1) is 0 Å². The number of aromatic nitrogens is 2. The van der Waals surface area contributed by atoms with Crippen LogP contribution >= 0.6 is 23.5 Å². The summed E-state index contributed by atoms with van der Waals surface area (Å²) in [5, 5.41) is 19.9. The first kappa shape index (κ1) is 38.6.